The van der Waals surface area contributed by atoms with E-state index in [1.165, 1.54) is 5.56 Å². The van der Waals surface area contributed by atoms with Gasteiger partial charge in [-0.15, -0.1) is 0 Å². The molecule has 1 atom stereocenters. The lowest BCUT2D eigenvalue weighted by atomic mass is 10.1. The van der Waals surface area contributed by atoms with E-state index < -0.39 is 0 Å². The highest BCUT2D eigenvalue weighted by molar-refractivity contribution is 9.09. The molecule has 0 aliphatic rings. The Morgan fingerprint density at radius 3 is 2.43 bits per heavy atom. The number of alkyl halides is 2. The van der Waals surface area contributed by atoms with Crippen molar-refractivity contribution in [3.8, 4) is 0 Å². The zero-order valence-electron chi connectivity index (χ0n) is 8.05. The van der Waals surface area contributed by atoms with E-state index in [1.807, 2.05) is 0 Å². The first-order valence-electron chi connectivity index (χ1n) is 4.76. The molecule has 0 fully saturated rings. The van der Waals surface area contributed by atoms with Crippen molar-refractivity contribution in [3.05, 3.63) is 35.9 Å². The Bertz CT molecular complexity index is 238. The standard InChI is InChI=1S/C11H15Br2N/c12-6-7-14-11(9-13)8-10-4-2-1-3-5-10/h1-5,11,14H,6-9H2. The van der Waals surface area contributed by atoms with E-state index in [-0.39, 0.29) is 0 Å². The van der Waals surface area contributed by atoms with Crippen LogP contribution in [0, 0.1) is 0 Å². The number of halogens is 2. The van der Waals surface area contributed by atoms with Gasteiger partial charge in [-0.25, -0.2) is 0 Å². The van der Waals surface area contributed by atoms with Gasteiger partial charge in [-0.05, 0) is 12.0 Å². The van der Waals surface area contributed by atoms with Gasteiger partial charge in [0.2, 0.25) is 0 Å². The molecule has 0 saturated heterocycles. The lowest BCUT2D eigenvalue weighted by Gasteiger charge is -2.15. The van der Waals surface area contributed by atoms with Gasteiger partial charge in [0.15, 0.2) is 0 Å². The van der Waals surface area contributed by atoms with Crippen molar-refractivity contribution in [2.75, 3.05) is 17.2 Å². The first kappa shape index (κ1) is 12.2. The molecular formula is C11H15Br2N. The van der Waals surface area contributed by atoms with Crippen LogP contribution in [0.5, 0.6) is 0 Å². The van der Waals surface area contributed by atoms with Crippen molar-refractivity contribution in [1.29, 1.82) is 0 Å². The topological polar surface area (TPSA) is 12.0 Å². The average Bonchev–Trinajstić information content (AvgIpc) is 2.25. The summed E-state index contributed by atoms with van der Waals surface area (Å²) < 4.78 is 0. The molecule has 1 aromatic carbocycles. The summed E-state index contributed by atoms with van der Waals surface area (Å²) in [6.45, 7) is 1.02. The van der Waals surface area contributed by atoms with E-state index in [9.17, 15) is 0 Å². The van der Waals surface area contributed by atoms with Crippen molar-refractivity contribution in [1.82, 2.24) is 5.32 Å². The van der Waals surface area contributed by atoms with Gasteiger partial charge >= 0.3 is 0 Å². The number of hydrogen-bond acceptors (Lipinski definition) is 1. The smallest absolute Gasteiger partial charge is 0.0205 e. The van der Waals surface area contributed by atoms with Gasteiger partial charge in [-0.2, -0.15) is 0 Å². The van der Waals surface area contributed by atoms with Crippen molar-refractivity contribution in [3.63, 3.8) is 0 Å². The normalized spacial score (nSPS) is 12.7. The number of rotatable bonds is 6. The Morgan fingerprint density at radius 1 is 1.14 bits per heavy atom. The quantitative estimate of drug-likeness (QED) is 0.795. The summed E-state index contributed by atoms with van der Waals surface area (Å²) in [5.74, 6) is 0. The van der Waals surface area contributed by atoms with Crippen LogP contribution >= 0.6 is 31.9 Å². The maximum Gasteiger partial charge on any atom is 0.0205 e. The summed E-state index contributed by atoms with van der Waals surface area (Å²) in [7, 11) is 0. The van der Waals surface area contributed by atoms with Gasteiger partial charge in [0, 0.05) is 23.2 Å². The van der Waals surface area contributed by atoms with Crippen LogP contribution in [0.4, 0.5) is 0 Å². The Kier molecular flexibility index (Phi) is 6.48. The lowest BCUT2D eigenvalue weighted by molar-refractivity contribution is 0.579. The molecule has 14 heavy (non-hydrogen) atoms. The molecule has 0 saturated carbocycles. The van der Waals surface area contributed by atoms with E-state index in [4.69, 9.17) is 0 Å². The largest absolute Gasteiger partial charge is 0.312 e. The minimum absolute atomic E-state index is 0.523. The summed E-state index contributed by atoms with van der Waals surface area (Å²) in [6.07, 6.45) is 1.08. The van der Waals surface area contributed by atoms with Crippen LogP contribution < -0.4 is 5.32 Å². The van der Waals surface area contributed by atoms with Crippen molar-refractivity contribution < 1.29 is 0 Å². The van der Waals surface area contributed by atoms with Crippen LogP contribution in [-0.2, 0) is 6.42 Å². The highest BCUT2D eigenvalue weighted by Crippen LogP contribution is 2.04. The second-order valence-electron chi connectivity index (χ2n) is 3.18. The summed E-state index contributed by atoms with van der Waals surface area (Å²) in [6, 6.07) is 11.1. The SMILES string of the molecule is BrCCNC(CBr)Cc1ccccc1. The maximum absolute atomic E-state index is 3.53. The van der Waals surface area contributed by atoms with Crippen molar-refractivity contribution in [2.45, 2.75) is 12.5 Å². The van der Waals surface area contributed by atoms with Crippen LogP contribution in [0.15, 0.2) is 30.3 Å². The Hall–Kier alpha value is 0.140. The van der Waals surface area contributed by atoms with Crippen LogP contribution in [-0.4, -0.2) is 23.2 Å². The van der Waals surface area contributed by atoms with Gasteiger partial charge < -0.3 is 5.32 Å². The molecule has 1 nitrogen and oxygen atoms in total. The van der Waals surface area contributed by atoms with E-state index in [2.05, 4.69) is 67.5 Å². The number of benzene rings is 1. The lowest BCUT2D eigenvalue weighted by Crippen LogP contribution is -2.33. The van der Waals surface area contributed by atoms with Gasteiger partial charge in [0.25, 0.3) is 0 Å². The van der Waals surface area contributed by atoms with E-state index in [1.54, 1.807) is 0 Å². The highest BCUT2D eigenvalue weighted by atomic mass is 79.9. The molecule has 1 aromatic rings. The predicted octanol–water partition coefficient (Wildman–Crippen LogP) is 2.98. The third kappa shape index (κ3) is 4.58. The fraction of sp³-hybridized carbons (Fsp3) is 0.455. The summed E-state index contributed by atoms with van der Waals surface area (Å²) in [5.41, 5.74) is 1.39. The third-order valence-corrected chi connectivity index (χ3v) is 3.22. The van der Waals surface area contributed by atoms with Crippen LogP contribution in [0.25, 0.3) is 0 Å². The minimum atomic E-state index is 0.523. The van der Waals surface area contributed by atoms with Gasteiger partial charge in [0.05, 0.1) is 0 Å². The molecular weight excluding hydrogens is 306 g/mol. The molecule has 1 N–H and O–H groups in total. The Labute approximate surface area is 103 Å². The zero-order valence-corrected chi connectivity index (χ0v) is 11.2. The monoisotopic (exact) mass is 319 g/mol. The molecule has 0 spiro atoms. The molecule has 0 amide bonds. The highest BCUT2D eigenvalue weighted by Gasteiger charge is 2.05. The fourth-order valence-corrected chi connectivity index (χ4v) is 2.03. The Morgan fingerprint density at radius 2 is 1.86 bits per heavy atom. The molecule has 0 aliphatic carbocycles. The predicted molar refractivity (Wildman–Crippen MR) is 69.5 cm³/mol. The van der Waals surface area contributed by atoms with Gasteiger partial charge in [-0.1, -0.05) is 62.2 Å². The van der Waals surface area contributed by atoms with Crippen LogP contribution in [0.3, 0.4) is 0 Å². The van der Waals surface area contributed by atoms with E-state index >= 15 is 0 Å². The van der Waals surface area contributed by atoms with Gasteiger partial charge in [0.1, 0.15) is 0 Å². The molecule has 0 aliphatic heterocycles. The molecule has 1 unspecified atom stereocenters. The first-order chi connectivity index (χ1) is 6.86. The molecule has 1 rings (SSSR count). The van der Waals surface area contributed by atoms with Crippen LogP contribution in [0.1, 0.15) is 5.56 Å². The minimum Gasteiger partial charge on any atom is -0.312 e. The average molecular weight is 321 g/mol. The maximum atomic E-state index is 3.53. The summed E-state index contributed by atoms with van der Waals surface area (Å²) >= 11 is 6.94. The van der Waals surface area contributed by atoms with Crippen molar-refractivity contribution in [2.24, 2.45) is 0 Å². The molecule has 0 aromatic heterocycles. The summed E-state index contributed by atoms with van der Waals surface area (Å²) in [4.78, 5) is 0. The number of nitrogens with one attached hydrogen (secondary N) is 1. The number of hydrogen-bond donors (Lipinski definition) is 1. The molecule has 0 bridgehead atoms. The Balaban J connectivity index is 2.40. The van der Waals surface area contributed by atoms with E-state index in [0.29, 0.717) is 6.04 Å². The molecule has 3 heteroatoms. The molecule has 0 radical (unpaired) electrons. The fourth-order valence-electron chi connectivity index (χ4n) is 1.34. The van der Waals surface area contributed by atoms with Gasteiger partial charge in [-0.3, -0.25) is 0 Å². The third-order valence-electron chi connectivity index (χ3n) is 2.04. The zero-order chi connectivity index (χ0) is 10.2. The second kappa shape index (κ2) is 7.43. The summed E-state index contributed by atoms with van der Waals surface area (Å²) in [5, 5.41) is 5.47. The first-order valence-corrected chi connectivity index (χ1v) is 7.00. The molecule has 78 valence electrons. The molecule has 0 heterocycles. The van der Waals surface area contributed by atoms with Crippen LogP contribution in [0.2, 0.25) is 0 Å². The van der Waals surface area contributed by atoms with Crippen molar-refractivity contribution >= 4 is 31.9 Å². The second-order valence-corrected chi connectivity index (χ2v) is 4.62. The van der Waals surface area contributed by atoms with E-state index in [0.717, 1.165) is 23.6 Å².